The van der Waals surface area contributed by atoms with Crippen LogP contribution in [-0.2, 0) is 14.4 Å². The van der Waals surface area contributed by atoms with Crippen LogP contribution >= 0.6 is 0 Å². The number of likely N-dealkylation sites (tertiary alicyclic amines) is 1. The van der Waals surface area contributed by atoms with Crippen LogP contribution in [0.5, 0.6) is 5.75 Å². The molecule has 0 aliphatic carbocycles. The molecule has 2 aromatic carbocycles. The molecular formula is C26H28N4O6. The predicted molar refractivity (Wildman–Crippen MR) is 128 cm³/mol. The third-order valence-corrected chi connectivity index (χ3v) is 7.17. The van der Waals surface area contributed by atoms with Crippen molar-refractivity contribution in [2.75, 3.05) is 20.2 Å². The zero-order valence-electron chi connectivity index (χ0n) is 19.8. The Balaban J connectivity index is 1.31. The summed E-state index contributed by atoms with van der Waals surface area (Å²) >= 11 is 0. The summed E-state index contributed by atoms with van der Waals surface area (Å²) in [4.78, 5) is 55.5. The number of fused-ring (bicyclic) bond motifs is 2. The summed E-state index contributed by atoms with van der Waals surface area (Å²) in [5.41, 5.74) is 0.885. The Morgan fingerprint density at radius 1 is 1.11 bits per heavy atom. The molecule has 0 saturated carbocycles. The topological polar surface area (TPSA) is 128 Å². The maximum Gasteiger partial charge on any atom is 0.254 e. The third kappa shape index (κ3) is 4.28. The Morgan fingerprint density at radius 3 is 2.53 bits per heavy atom. The van der Waals surface area contributed by atoms with Gasteiger partial charge in [-0.1, -0.05) is 30.3 Å². The van der Waals surface area contributed by atoms with Crippen molar-refractivity contribution in [3.8, 4) is 5.75 Å². The first-order valence-electron chi connectivity index (χ1n) is 12.0. The second-order valence-corrected chi connectivity index (χ2v) is 9.34. The SMILES string of the molecule is COc1ccc(C(=O)N2CCC3NC(=O)C4CC(NC(=O)C(O)c5ccccc5)CN4C(=O)C32)cc1. The Hall–Kier alpha value is -3.92. The lowest BCUT2D eigenvalue weighted by Crippen LogP contribution is -2.52. The van der Waals surface area contributed by atoms with Crippen molar-refractivity contribution >= 4 is 23.6 Å². The zero-order valence-corrected chi connectivity index (χ0v) is 19.8. The molecule has 3 aliphatic heterocycles. The zero-order chi connectivity index (χ0) is 25.4. The summed E-state index contributed by atoms with van der Waals surface area (Å²) in [6.45, 7) is 0.464. The highest BCUT2D eigenvalue weighted by Crippen LogP contribution is 2.30. The lowest BCUT2D eigenvalue weighted by atomic mass is 10.1. The van der Waals surface area contributed by atoms with Gasteiger partial charge in [0, 0.05) is 24.7 Å². The van der Waals surface area contributed by atoms with Crippen LogP contribution in [0.15, 0.2) is 54.6 Å². The fraction of sp³-hybridized carbons (Fsp3) is 0.385. The van der Waals surface area contributed by atoms with Gasteiger partial charge in [0.15, 0.2) is 6.10 Å². The van der Waals surface area contributed by atoms with Crippen molar-refractivity contribution in [2.24, 2.45) is 0 Å². The molecule has 188 valence electrons. The number of rotatable bonds is 5. The molecule has 3 aliphatic rings. The van der Waals surface area contributed by atoms with Gasteiger partial charge >= 0.3 is 0 Å². The van der Waals surface area contributed by atoms with Crippen LogP contribution in [0, 0.1) is 0 Å². The molecule has 10 heteroatoms. The fourth-order valence-electron chi connectivity index (χ4n) is 5.32. The molecule has 5 rings (SSSR count). The van der Waals surface area contributed by atoms with Crippen LogP contribution in [-0.4, -0.2) is 82.9 Å². The highest BCUT2D eigenvalue weighted by molar-refractivity contribution is 6.01. The Labute approximate surface area is 208 Å². The summed E-state index contributed by atoms with van der Waals surface area (Å²) in [6, 6.07) is 12.7. The molecule has 3 fully saturated rings. The van der Waals surface area contributed by atoms with Gasteiger partial charge in [-0.25, -0.2) is 0 Å². The summed E-state index contributed by atoms with van der Waals surface area (Å²) < 4.78 is 5.15. The number of aliphatic hydroxyl groups excluding tert-OH is 1. The lowest BCUT2D eigenvalue weighted by Gasteiger charge is -2.29. The Bertz CT molecular complexity index is 1170. The van der Waals surface area contributed by atoms with E-state index in [0.29, 0.717) is 29.8 Å². The molecule has 3 saturated heterocycles. The molecule has 10 nitrogen and oxygen atoms in total. The molecule has 0 bridgehead atoms. The largest absolute Gasteiger partial charge is 0.497 e. The summed E-state index contributed by atoms with van der Waals surface area (Å²) in [6.07, 6.45) is -0.641. The molecule has 2 aromatic rings. The van der Waals surface area contributed by atoms with Gasteiger partial charge in [0.2, 0.25) is 11.8 Å². The summed E-state index contributed by atoms with van der Waals surface area (Å²) in [5.74, 6) is -0.875. The molecule has 3 heterocycles. The predicted octanol–water partition coefficient (Wildman–Crippen LogP) is 0.227. The number of nitrogens with one attached hydrogen (secondary N) is 2. The number of hydrogen-bond acceptors (Lipinski definition) is 6. The van der Waals surface area contributed by atoms with E-state index in [0.717, 1.165) is 0 Å². The van der Waals surface area contributed by atoms with Crippen LogP contribution < -0.4 is 15.4 Å². The van der Waals surface area contributed by atoms with E-state index in [-0.39, 0.29) is 30.7 Å². The van der Waals surface area contributed by atoms with Crippen molar-refractivity contribution in [2.45, 2.75) is 43.1 Å². The maximum absolute atomic E-state index is 13.6. The van der Waals surface area contributed by atoms with E-state index in [1.165, 1.54) is 9.80 Å². The molecule has 0 aromatic heterocycles. The molecule has 4 amide bonds. The van der Waals surface area contributed by atoms with Crippen LogP contribution in [0.1, 0.15) is 34.9 Å². The van der Waals surface area contributed by atoms with Gasteiger partial charge in [0.1, 0.15) is 17.8 Å². The van der Waals surface area contributed by atoms with Crippen LogP contribution in [0.3, 0.4) is 0 Å². The number of ether oxygens (including phenoxy) is 1. The van der Waals surface area contributed by atoms with Crippen molar-refractivity contribution in [3.63, 3.8) is 0 Å². The average Bonchev–Trinajstić information content (AvgIpc) is 3.50. The second-order valence-electron chi connectivity index (χ2n) is 9.34. The summed E-state index contributed by atoms with van der Waals surface area (Å²) in [7, 11) is 1.54. The smallest absolute Gasteiger partial charge is 0.254 e. The standard InChI is InChI=1S/C26H28N4O6/c1-36-18-9-7-16(8-10-18)25(34)29-12-11-19-21(29)26(35)30-14-17(13-20(30)23(32)28-19)27-24(33)22(31)15-5-3-2-4-6-15/h2-10,17,19-22,31H,11-14H2,1H3,(H,27,33)(H,28,32). The average molecular weight is 493 g/mol. The number of methoxy groups -OCH3 is 1. The number of carbonyl (C=O) groups is 4. The monoisotopic (exact) mass is 492 g/mol. The van der Waals surface area contributed by atoms with Crippen molar-refractivity contribution < 1.29 is 29.0 Å². The van der Waals surface area contributed by atoms with Gasteiger partial charge < -0.3 is 30.3 Å². The first-order valence-corrected chi connectivity index (χ1v) is 12.0. The van der Waals surface area contributed by atoms with Gasteiger partial charge in [-0.05, 0) is 42.7 Å². The number of benzene rings is 2. The van der Waals surface area contributed by atoms with Crippen molar-refractivity contribution in [3.05, 3.63) is 65.7 Å². The molecule has 5 unspecified atom stereocenters. The van der Waals surface area contributed by atoms with E-state index >= 15 is 0 Å². The minimum Gasteiger partial charge on any atom is -0.497 e. The lowest BCUT2D eigenvalue weighted by molar-refractivity contribution is -0.138. The van der Waals surface area contributed by atoms with E-state index in [1.54, 1.807) is 61.7 Å². The highest BCUT2D eigenvalue weighted by atomic mass is 16.5. The van der Waals surface area contributed by atoms with Crippen LogP contribution in [0.2, 0.25) is 0 Å². The van der Waals surface area contributed by atoms with Gasteiger partial charge in [-0.3, -0.25) is 19.2 Å². The first kappa shape index (κ1) is 23.8. The van der Waals surface area contributed by atoms with Gasteiger partial charge in [-0.2, -0.15) is 0 Å². The quantitative estimate of drug-likeness (QED) is 0.548. The van der Waals surface area contributed by atoms with E-state index in [9.17, 15) is 24.3 Å². The van der Waals surface area contributed by atoms with E-state index in [2.05, 4.69) is 10.6 Å². The van der Waals surface area contributed by atoms with Crippen molar-refractivity contribution in [1.82, 2.24) is 20.4 Å². The highest BCUT2D eigenvalue weighted by Gasteiger charge is 2.52. The number of nitrogens with zero attached hydrogens (tertiary/aromatic N) is 2. The number of amides is 4. The fourth-order valence-corrected chi connectivity index (χ4v) is 5.32. The third-order valence-electron chi connectivity index (χ3n) is 7.17. The van der Waals surface area contributed by atoms with Gasteiger partial charge in [0.25, 0.3) is 11.8 Å². The molecule has 36 heavy (non-hydrogen) atoms. The number of hydrogen-bond donors (Lipinski definition) is 3. The molecular weight excluding hydrogens is 464 g/mol. The summed E-state index contributed by atoms with van der Waals surface area (Å²) in [5, 5.41) is 16.1. The van der Waals surface area contributed by atoms with Gasteiger partial charge in [-0.15, -0.1) is 0 Å². The van der Waals surface area contributed by atoms with Crippen molar-refractivity contribution in [1.29, 1.82) is 0 Å². The molecule has 0 spiro atoms. The van der Waals surface area contributed by atoms with Crippen LogP contribution in [0.4, 0.5) is 0 Å². The Morgan fingerprint density at radius 2 is 1.83 bits per heavy atom. The minimum atomic E-state index is -1.35. The first-order chi connectivity index (χ1) is 17.4. The number of carbonyl (C=O) groups excluding carboxylic acids is 4. The minimum absolute atomic E-state index is 0.123. The molecule has 5 atom stereocenters. The normalized spacial score (nSPS) is 25.9. The van der Waals surface area contributed by atoms with E-state index in [4.69, 9.17) is 4.74 Å². The van der Waals surface area contributed by atoms with Crippen LogP contribution in [0.25, 0.3) is 0 Å². The van der Waals surface area contributed by atoms with E-state index < -0.39 is 36.2 Å². The Kier molecular flexibility index (Phi) is 6.36. The van der Waals surface area contributed by atoms with E-state index in [1.807, 2.05) is 0 Å². The molecule has 0 radical (unpaired) electrons. The number of aliphatic hydroxyl groups is 1. The molecule has 3 N–H and O–H groups in total. The second kappa shape index (κ2) is 9.62. The maximum atomic E-state index is 13.6. The van der Waals surface area contributed by atoms with Gasteiger partial charge in [0.05, 0.1) is 13.2 Å².